The van der Waals surface area contributed by atoms with Crippen LogP contribution in [0.2, 0.25) is 0 Å². The van der Waals surface area contributed by atoms with Gasteiger partial charge in [-0.25, -0.2) is 4.79 Å². The van der Waals surface area contributed by atoms with Gasteiger partial charge in [-0.1, -0.05) is 37.3 Å². The average Bonchev–Trinajstić information content (AvgIpc) is 3.45. The minimum absolute atomic E-state index is 0.0474. The van der Waals surface area contributed by atoms with E-state index in [1.807, 2.05) is 30.3 Å². The summed E-state index contributed by atoms with van der Waals surface area (Å²) in [6.07, 6.45) is -4.37. The molecule has 1 fully saturated rings. The molecular weight excluding hydrogens is 397 g/mol. The Morgan fingerprint density at radius 3 is 2.37 bits per heavy atom. The van der Waals surface area contributed by atoms with Gasteiger partial charge in [0.25, 0.3) is 0 Å². The van der Waals surface area contributed by atoms with E-state index >= 15 is 0 Å². The fourth-order valence-corrected chi connectivity index (χ4v) is 3.31. The number of aliphatic hydroxyl groups excluding tert-OH is 1. The van der Waals surface area contributed by atoms with E-state index in [0.29, 0.717) is 11.8 Å². The van der Waals surface area contributed by atoms with Crippen molar-refractivity contribution in [2.75, 3.05) is 13.2 Å². The summed E-state index contributed by atoms with van der Waals surface area (Å²) in [5.74, 6) is 1.13. The van der Waals surface area contributed by atoms with Crippen LogP contribution in [0.1, 0.15) is 30.5 Å². The fourth-order valence-electron chi connectivity index (χ4n) is 3.31. The molecule has 1 aliphatic rings. The standard InChI is InChI=1S/C22H25F3N2O3/c1-14-11-19(14)20(15-5-3-2-4-6-15)27-21(29)26-12-17(28)13-30-18-9-7-16(8-10-18)22(23,24)25/h2-10,14,17,19-20,28H,11-13H2,1H3,(H2,26,27,29). The molecule has 3 rings (SSSR count). The minimum Gasteiger partial charge on any atom is -0.491 e. The second-order valence-electron chi connectivity index (χ2n) is 7.61. The Bertz CT molecular complexity index is 828. The van der Waals surface area contributed by atoms with E-state index in [9.17, 15) is 23.1 Å². The molecule has 1 aliphatic carbocycles. The Balaban J connectivity index is 1.43. The third kappa shape index (κ3) is 6.13. The predicted octanol–water partition coefficient (Wildman–Crippen LogP) is 4.14. The summed E-state index contributed by atoms with van der Waals surface area (Å²) < 4.78 is 43.0. The number of hydrogen-bond acceptors (Lipinski definition) is 3. The molecule has 0 radical (unpaired) electrons. The van der Waals surface area contributed by atoms with Crippen molar-refractivity contribution in [1.82, 2.24) is 10.6 Å². The Kier molecular flexibility index (Phi) is 6.87. The highest BCUT2D eigenvalue weighted by Crippen LogP contribution is 2.46. The van der Waals surface area contributed by atoms with Gasteiger partial charge in [-0.05, 0) is 48.1 Å². The smallest absolute Gasteiger partial charge is 0.416 e. The first-order valence-corrected chi connectivity index (χ1v) is 9.81. The zero-order valence-electron chi connectivity index (χ0n) is 16.5. The first-order valence-electron chi connectivity index (χ1n) is 9.81. The maximum atomic E-state index is 12.6. The van der Waals surface area contributed by atoms with Crippen LogP contribution in [0.3, 0.4) is 0 Å². The number of carbonyl (C=O) groups excluding carboxylic acids is 1. The summed E-state index contributed by atoms with van der Waals surface area (Å²) >= 11 is 0. The van der Waals surface area contributed by atoms with E-state index in [0.717, 1.165) is 24.1 Å². The van der Waals surface area contributed by atoms with E-state index < -0.39 is 23.9 Å². The minimum atomic E-state index is -4.41. The molecule has 30 heavy (non-hydrogen) atoms. The SMILES string of the molecule is CC1CC1C(NC(=O)NCC(O)COc1ccc(C(F)(F)F)cc1)c1ccccc1. The number of aliphatic hydroxyl groups is 1. The van der Waals surface area contributed by atoms with Crippen molar-refractivity contribution < 1.29 is 27.8 Å². The molecular formula is C22H25F3N2O3. The molecule has 3 N–H and O–H groups in total. The highest BCUT2D eigenvalue weighted by molar-refractivity contribution is 5.74. The van der Waals surface area contributed by atoms with Crippen molar-refractivity contribution in [3.63, 3.8) is 0 Å². The molecule has 8 heteroatoms. The van der Waals surface area contributed by atoms with Crippen molar-refractivity contribution in [3.8, 4) is 5.75 Å². The average molecular weight is 422 g/mol. The molecule has 0 spiro atoms. The summed E-state index contributed by atoms with van der Waals surface area (Å²) in [4.78, 5) is 12.3. The molecule has 2 aromatic carbocycles. The number of benzene rings is 2. The monoisotopic (exact) mass is 422 g/mol. The molecule has 162 valence electrons. The lowest BCUT2D eigenvalue weighted by Gasteiger charge is -2.20. The maximum Gasteiger partial charge on any atom is 0.416 e. The Morgan fingerprint density at radius 1 is 1.17 bits per heavy atom. The summed E-state index contributed by atoms with van der Waals surface area (Å²) in [7, 11) is 0. The van der Waals surface area contributed by atoms with Crippen LogP contribution in [0.5, 0.6) is 5.75 Å². The van der Waals surface area contributed by atoms with Crippen molar-refractivity contribution in [3.05, 3.63) is 65.7 Å². The Hall–Kier alpha value is -2.74. The predicted molar refractivity (Wildman–Crippen MR) is 106 cm³/mol. The lowest BCUT2D eigenvalue weighted by Crippen LogP contribution is -2.43. The zero-order valence-corrected chi connectivity index (χ0v) is 16.5. The number of hydrogen-bond donors (Lipinski definition) is 3. The summed E-state index contributed by atoms with van der Waals surface area (Å²) in [6.45, 7) is 1.93. The summed E-state index contributed by atoms with van der Waals surface area (Å²) in [5.41, 5.74) is 0.264. The molecule has 0 aromatic heterocycles. The van der Waals surface area contributed by atoms with Crippen LogP contribution < -0.4 is 15.4 Å². The van der Waals surface area contributed by atoms with Gasteiger partial charge in [-0.2, -0.15) is 13.2 Å². The number of alkyl halides is 3. The third-order valence-corrected chi connectivity index (χ3v) is 5.17. The van der Waals surface area contributed by atoms with Crippen LogP contribution in [0.4, 0.5) is 18.0 Å². The molecule has 0 saturated heterocycles. The van der Waals surface area contributed by atoms with Gasteiger partial charge in [-0.3, -0.25) is 0 Å². The van der Waals surface area contributed by atoms with Crippen molar-refractivity contribution in [2.45, 2.75) is 31.7 Å². The maximum absolute atomic E-state index is 12.6. The quantitative estimate of drug-likeness (QED) is 0.599. The normalized spacial score (nSPS) is 20.2. The van der Waals surface area contributed by atoms with Gasteiger partial charge in [0.15, 0.2) is 0 Å². The molecule has 2 amide bonds. The molecule has 0 aliphatic heterocycles. The number of rotatable bonds is 8. The van der Waals surface area contributed by atoms with Crippen LogP contribution in [-0.2, 0) is 6.18 Å². The van der Waals surface area contributed by atoms with Crippen LogP contribution in [-0.4, -0.2) is 30.4 Å². The first-order chi connectivity index (χ1) is 14.2. The fraction of sp³-hybridized carbons (Fsp3) is 0.409. The number of nitrogens with one attached hydrogen (secondary N) is 2. The van der Waals surface area contributed by atoms with Crippen LogP contribution in [0.15, 0.2) is 54.6 Å². The summed E-state index contributed by atoms with van der Waals surface area (Å²) in [5, 5.41) is 15.6. The lowest BCUT2D eigenvalue weighted by atomic mass is 10.0. The van der Waals surface area contributed by atoms with E-state index in [4.69, 9.17) is 4.74 Å². The van der Waals surface area contributed by atoms with Crippen molar-refractivity contribution in [1.29, 1.82) is 0 Å². The number of carbonyl (C=O) groups is 1. The van der Waals surface area contributed by atoms with Crippen molar-refractivity contribution in [2.24, 2.45) is 11.8 Å². The molecule has 1 saturated carbocycles. The molecule has 4 atom stereocenters. The Morgan fingerprint density at radius 2 is 1.80 bits per heavy atom. The van der Waals surface area contributed by atoms with Gasteiger partial charge in [0.05, 0.1) is 11.6 Å². The second-order valence-corrected chi connectivity index (χ2v) is 7.61. The lowest BCUT2D eigenvalue weighted by molar-refractivity contribution is -0.137. The van der Waals surface area contributed by atoms with E-state index in [2.05, 4.69) is 17.6 Å². The zero-order chi connectivity index (χ0) is 21.7. The van der Waals surface area contributed by atoms with E-state index in [1.165, 1.54) is 12.1 Å². The Labute approximate surface area is 173 Å². The largest absolute Gasteiger partial charge is 0.491 e. The van der Waals surface area contributed by atoms with Crippen LogP contribution >= 0.6 is 0 Å². The highest BCUT2D eigenvalue weighted by Gasteiger charge is 2.40. The van der Waals surface area contributed by atoms with E-state index in [-0.39, 0.29) is 24.9 Å². The summed E-state index contributed by atoms with van der Waals surface area (Å²) in [6, 6.07) is 13.4. The highest BCUT2D eigenvalue weighted by atomic mass is 19.4. The van der Waals surface area contributed by atoms with Gasteiger partial charge in [-0.15, -0.1) is 0 Å². The first kappa shape index (κ1) is 22.0. The topological polar surface area (TPSA) is 70.6 Å². The number of amides is 2. The molecule has 4 unspecified atom stereocenters. The third-order valence-electron chi connectivity index (χ3n) is 5.17. The van der Waals surface area contributed by atoms with Crippen LogP contribution in [0, 0.1) is 11.8 Å². The van der Waals surface area contributed by atoms with Gasteiger partial charge in [0.2, 0.25) is 0 Å². The van der Waals surface area contributed by atoms with Gasteiger partial charge in [0, 0.05) is 6.54 Å². The number of ether oxygens (including phenoxy) is 1. The van der Waals surface area contributed by atoms with Gasteiger partial charge in [0.1, 0.15) is 18.5 Å². The van der Waals surface area contributed by atoms with E-state index in [1.54, 1.807) is 0 Å². The van der Waals surface area contributed by atoms with Gasteiger partial charge < -0.3 is 20.5 Å². The van der Waals surface area contributed by atoms with Crippen LogP contribution in [0.25, 0.3) is 0 Å². The molecule has 0 bridgehead atoms. The molecule has 0 heterocycles. The number of urea groups is 1. The van der Waals surface area contributed by atoms with Crippen molar-refractivity contribution >= 4 is 6.03 Å². The second kappa shape index (κ2) is 9.38. The number of halogens is 3. The molecule has 2 aromatic rings. The molecule has 5 nitrogen and oxygen atoms in total. The van der Waals surface area contributed by atoms with Gasteiger partial charge >= 0.3 is 12.2 Å².